The van der Waals surface area contributed by atoms with Crippen molar-refractivity contribution in [2.24, 2.45) is 5.10 Å². The molecule has 0 bridgehead atoms. The van der Waals surface area contributed by atoms with E-state index in [0.29, 0.717) is 16.6 Å². The number of rotatable bonds is 6. The first-order valence-corrected chi connectivity index (χ1v) is 8.20. The summed E-state index contributed by atoms with van der Waals surface area (Å²) in [6.45, 7) is 1.90. The predicted octanol–water partition coefficient (Wildman–Crippen LogP) is 2.28. The number of carbonyl (C=O) groups excluding carboxylic acids is 1. The number of aromatic nitrogens is 2. The third-order valence-electron chi connectivity index (χ3n) is 3.88. The molecular formula is C18H17N5O4. The maximum absolute atomic E-state index is 11.9. The van der Waals surface area contributed by atoms with Crippen LogP contribution in [-0.2, 0) is 16.1 Å². The lowest BCUT2D eigenvalue weighted by Gasteiger charge is -2.03. The minimum Gasteiger partial charge on any atom is -0.465 e. The SMILES string of the molecule is CCOC(=O)Cn1c(=N)n(/N=C/c2ccc([N+](=O)[O-])cc2)c2ccccc21. The number of nitro groups is 1. The monoisotopic (exact) mass is 367 g/mol. The van der Waals surface area contributed by atoms with Gasteiger partial charge in [-0.2, -0.15) is 9.78 Å². The first-order chi connectivity index (χ1) is 13.0. The van der Waals surface area contributed by atoms with E-state index < -0.39 is 10.9 Å². The summed E-state index contributed by atoms with van der Waals surface area (Å²) in [6.07, 6.45) is 1.50. The van der Waals surface area contributed by atoms with Gasteiger partial charge in [0.25, 0.3) is 5.69 Å². The van der Waals surface area contributed by atoms with Crippen LogP contribution in [-0.4, -0.2) is 33.0 Å². The number of fused-ring (bicyclic) bond motifs is 1. The summed E-state index contributed by atoms with van der Waals surface area (Å²) in [6, 6.07) is 13.1. The molecule has 0 fully saturated rings. The second-order valence-corrected chi connectivity index (χ2v) is 5.61. The molecule has 0 unspecified atom stereocenters. The maximum Gasteiger partial charge on any atom is 0.326 e. The zero-order valence-electron chi connectivity index (χ0n) is 14.5. The second kappa shape index (κ2) is 7.65. The molecule has 1 aromatic heterocycles. The number of carbonyl (C=O) groups is 1. The Morgan fingerprint density at radius 3 is 2.52 bits per heavy atom. The van der Waals surface area contributed by atoms with E-state index in [-0.39, 0.29) is 24.5 Å². The molecule has 3 aromatic rings. The summed E-state index contributed by atoms with van der Waals surface area (Å²) in [5, 5.41) is 23.4. The molecule has 0 spiro atoms. The lowest BCUT2D eigenvalue weighted by molar-refractivity contribution is -0.384. The molecule has 0 atom stereocenters. The van der Waals surface area contributed by atoms with Gasteiger partial charge in [0.05, 0.1) is 28.8 Å². The smallest absolute Gasteiger partial charge is 0.326 e. The number of benzene rings is 2. The van der Waals surface area contributed by atoms with Crippen LogP contribution in [0.1, 0.15) is 12.5 Å². The molecule has 2 aromatic carbocycles. The molecular weight excluding hydrogens is 350 g/mol. The van der Waals surface area contributed by atoms with E-state index in [1.165, 1.54) is 27.6 Å². The summed E-state index contributed by atoms with van der Waals surface area (Å²) in [5.74, 6) is -0.432. The zero-order chi connectivity index (χ0) is 19.4. The number of hydrogen-bond acceptors (Lipinski definition) is 6. The maximum atomic E-state index is 11.9. The fourth-order valence-electron chi connectivity index (χ4n) is 2.63. The highest BCUT2D eigenvalue weighted by atomic mass is 16.6. The van der Waals surface area contributed by atoms with Crippen molar-refractivity contribution in [3.63, 3.8) is 0 Å². The van der Waals surface area contributed by atoms with Crippen LogP contribution >= 0.6 is 0 Å². The van der Waals surface area contributed by atoms with Gasteiger partial charge in [-0.05, 0) is 36.8 Å². The fourth-order valence-corrected chi connectivity index (χ4v) is 2.63. The van der Waals surface area contributed by atoms with Crippen LogP contribution in [0.25, 0.3) is 11.0 Å². The van der Waals surface area contributed by atoms with Crippen LogP contribution in [0.15, 0.2) is 53.6 Å². The normalized spacial score (nSPS) is 11.1. The Labute approximate surface area is 153 Å². The third-order valence-corrected chi connectivity index (χ3v) is 3.88. The quantitative estimate of drug-likeness (QED) is 0.311. The van der Waals surface area contributed by atoms with E-state index >= 15 is 0 Å². The number of esters is 1. The van der Waals surface area contributed by atoms with Gasteiger partial charge in [-0.25, -0.2) is 0 Å². The van der Waals surface area contributed by atoms with E-state index in [4.69, 9.17) is 10.1 Å². The number of nitrogens with zero attached hydrogens (tertiary/aromatic N) is 4. The average molecular weight is 367 g/mol. The molecule has 0 saturated heterocycles. The Morgan fingerprint density at radius 2 is 1.89 bits per heavy atom. The van der Waals surface area contributed by atoms with Crippen molar-refractivity contribution in [3.05, 3.63) is 69.8 Å². The number of hydrogen-bond donors (Lipinski definition) is 1. The molecule has 0 aliphatic rings. The lowest BCUT2D eigenvalue weighted by atomic mass is 10.2. The molecule has 3 rings (SSSR count). The van der Waals surface area contributed by atoms with Crippen molar-refractivity contribution in [1.29, 1.82) is 5.41 Å². The van der Waals surface area contributed by atoms with E-state index in [9.17, 15) is 14.9 Å². The van der Waals surface area contributed by atoms with Crippen LogP contribution in [0.2, 0.25) is 0 Å². The van der Waals surface area contributed by atoms with Crippen LogP contribution < -0.4 is 5.62 Å². The van der Waals surface area contributed by atoms with E-state index in [2.05, 4.69) is 5.10 Å². The Morgan fingerprint density at radius 1 is 1.22 bits per heavy atom. The van der Waals surface area contributed by atoms with Crippen LogP contribution in [0, 0.1) is 15.5 Å². The molecule has 9 heteroatoms. The summed E-state index contributed by atoms with van der Waals surface area (Å²) < 4.78 is 7.89. The average Bonchev–Trinajstić information content (AvgIpc) is 2.92. The first kappa shape index (κ1) is 18.1. The van der Waals surface area contributed by atoms with Crippen LogP contribution in [0.4, 0.5) is 5.69 Å². The van der Waals surface area contributed by atoms with Crippen molar-refractivity contribution < 1.29 is 14.5 Å². The van der Waals surface area contributed by atoms with E-state index in [1.54, 1.807) is 31.2 Å². The summed E-state index contributed by atoms with van der Waals surface area (Å²) in [4.78, 5) is 22.1. The molecule has 0 amide bonds. The predicted molar refractivity (Wildman–Crippen MR) is 98.5 cm³/mol. The van der Waals surface area contributed by atoms with Gasteiger partial charge in [0.15, 0.2) is 0 Å². The highest BCUT2D eigenvalue weighted by Gasteiger charge is 2.13. The Bertz CT molecular complexity index is 1080. The lowest BCUT2D eigenvalue weighted by Crippen LogP contribution is -2.26. The van der Waals surface area contributed by atoms with Gasteiger partial charge in [-0.3, -0.25) is 24.9 Å². The van der Waals surface area contributed by atoms with Gasteiger partial charge in [0.2, 0.25) is 5.62 Å². The summed E-state index contributed by atoms with van der Waals surface area (Å²) >= 11 is 0. The van der Waals surface area contributed by atoms with Crippen LogP contribution in [0.3, 0.4) is 0 Å². The van der Waals surface area contributed by atoms with E-state index in [0.717, 1.165) is 0 Å². The number of imidazole rings is 1. The highest BCUT2D eigenvalue weighted by Crippen LogP contribution is 2.14. The minimum atomic E-state index is -0.472. The third kappa shape index (κ3) is 3.76. The van der Waals surface area contributed by atoms with Crippen molar-refractivity contribution in [3.8, 4) is 0 Å². The Hall–Kier alpha value is -3.75. The molecule has 27 heavy (non-hydrogen) atoms. The van der Waals surface area contributed by atoms with Gasteiger partial charge < -0.3 is 4.74 Å². The van der Waals surface area contributed by atoms with Gasteiger partial charge in [0, 0.05) is 12.1 Å². The van der Waals surface area contributed by atoms with Crippen LogP contribution in [0.5, 0.6) is 0 Å². The van der Waals surface area contributed by atoms with Crippen molar-refractivity contribution >= 4 is 28.9 Å². The molecule has 1 heterocycles. The minimum absolute atomic E-state index is 0.00739. The molecule has 0 radical (unpaired) electrons. The number of para-hydroxylation sites is 2. The molecule has 0 saturated carbocycles. The standard InChI is InChI=1S/C18H17N5O4/c1-2-27-17(24)12-21-15-5-3-4-6-16(15)22(18(21)19)20-11-13-7-9-14(10-8-13)23(25)26/h3-11,19H,2,12H2,1H3/b19-18?,20-11+. The van der Waals surface area contributed by atoms with Gasteiger partial charge >= 0.3 is 5.97 Å². The largest absolute Gasteiger partial charge is 0.465 e. The summed E-state index contributed by atoms with van der Waals surface area (Å²) in [5.41, 5.74) is 1.99. The van der Waals surface area contributed by atoms with Gasteiger partial charge in [-0.15, -0.1) is 0 Å². The number of nitrogens with one attached hydrogen (secondary N) is 1. The van der Waals surface area contributed by atoms with Gasteiger partial charge in [-0.1, -0.05) is 12.1 Å². The number of ether oxygens (including phenoxy) is 1. The second-order valence-electron chi connectivity index (χ2n) is 5.61. The number of non-ortho nitro benzene ring substituents is 1. The molecule has 1 N–H and O–H groups in total. The zero-order valence-corrected chi connectivity index (χ0v) is 14.5. The molecule has 0 aliphatic heterocycles. The molecule has 138 valence electrons. The number of nitro benzene ring substituents is 1. The Kier molecular flexibility index (Phi) is 5.11. The van der Waals surface area contributed by atoms with E-state index in [1.807, 2.05) is 12.1 Å². The van der Waals surface area contributed by atoms with Crippen molar-refractivity contribution in [2.75, 3.05) is 6.61 Å². The highest BCUT2D eigenvalue weighted by molar-refractivity contribution is 5.82. The van der Waals surface area contributed by atoms with Gasteiger partial charge in [0.1, 0.15) is 6.54 Å². The fraction of sp³-hybridized carbons (Fsp3) is 0.167. The first-order valence-electron chi connectivity index (χ1n) is 8.20. The topological polar surface area (TPSA) is 116 Å². The Balaban J connectivity index is 1.99. The summed E-state index contributed by atoms with van der Waals surface area (Å²) in [7, 11) is 0. The molecule has 0 aliphatic carbocycles. The van der Waals surface area contributed by atoms with Crippen molar-refractivity contribution in [2.45, 2.75) is 13.5 Å². The molecule has 9 nitrogen and oxygen atoms in total. The van der Waals surface area contributed by atoms with Crippen molar-refractivity contribution in [1.82, 2.24) is 9.24 Å².